The van der Waals surface area contributed by atoms with Crippen molar-refractivity contribution < 1.29 is 50.3 Å². The molecule has 0 aromatic carbocycles. The third-order valence-electron chi connectivity index (χ3n) is 7.11. The highest BCUT2D eigenvalue weighted by Crippen LogP contribution is 2.64. The Morgan fingerprint density at radius 1 is 0.931 bits per heavy atom. The van der Waals surface area contributed by atoms with Crippen LogP contribution in [0.1, 0.15) is 46.5 Å². The summed E-state index contributed by atoms with van der Waals surface area (Å²) >= 11 is 0. The second-order valence-electron chi connectivity index (χ2n) is 8.89. The molecule has 0 amide bonds. The molecule has 4 saturated heterocycles. The Balaban J connectivity index is 1.80. The Morgan fingerprint density at radius 2 is 1.62 bits per heavy atom. The van der Waals surface area contributed by atoms with Crippen LogP contribution < -0.4 is 0 Å². The van der Waals surface area contributed by atoms with Gasteiger partial charge in [-0.05, 0) is 38.0 Å². The lowest BCUT2D eigenvalue weighted by molar-refractivity contribution is -0.599. The van der Waals surface area contributed by atoms with E-state index in [0.717, 1.165) is 0 Å². The smallest absolute Gasteiger partial charge is 0.333 e. The average Bonchev–Trinajstić information content (AvgIpc) is 2.81. The monoisotopic (exact) mass is 434 g/mol. The molecule has 1 aliphatic carbocycles. The third kappa shape index (κ3) is 3.10. The Bertz CT molecular complexity index is 656. The summed E-state index contributed by atoms with van der Waals surface area (Å²) in [5, 5.41) is 0. The number of alkyl halides is 6. The Labute approximate surface area is 163 Å². The predicted molar refractivity (Wildman–Crippen MR) is 83.8 cm³/mol. The summed E-state index contributed by atoms with van der Waals surface area (Å²) < 4.78 is 96.5. The average molecular weight is 434 g/mol. The maximum absolute atomic E-state index is 14.2. The van der Waals surface area contributed by atoms with E-state index in [4.69, 9.17) is 19.2 Å². The maximum atomic E-state index is 14.2. The minimum absolute atomic E-state index is 0.103. The van der Waals surface area contributed by atoms with Gasteiger partial charge in [0.15, 0.2) is 11.9 Å². The van der Waals surface area contributed by atoms with Crippen LogP contribution in [0.3, 0.4) is 0 Å². The van der Waals surface area contributed by atoms with Gasteiger partial charge in [-0.1, -0.05) is 13.8 Å². The van der Waals surface area contributed by atoms with Crippen molar-refractivity contribution in [3.05, 3.63) is 0 Å². The molecule has 0 N–H and O–H groups in total. The molecule has 0 radical (unpaired) electrons. The fourth-order valence-electron chi connectivity index (χ4n) is 5.68. The van der Waals surface area contributed by atoms with Crippen LogP contribution in [-0.2, 0) is 24.0 Å². The molecule has 5 nitrogen and oxygen atoms in total. The molecule has 0 aromatic rings. The van der Waals surface area contributed by atoms with E-state index < -0.39 is 54.3 Å². The zero-order valence-corrected chi connectivity index (χ0v) is 16.2. The Hall–Kier alpha value is -0.620. The van der Waals surface area contributed by atoms with Gasteiger partial charge < -0.3 is 14.2 Å². The van der Waals surface area contributed by atoms with Crippen molar-refractivity contribution >= 4 is 0 Å². The minimum Gasteiger partial charge on any atom is -0.333 e. The van der Waals surface area contributed by atoms with Crippen molar-refractivity contribution in [1.82, 2.24) is 0 Å². The van der Waals surface area contributed by atoms with Crippen LogP contribution in [0.5, 0.6) is 0 Å². The van der Waals surface area contributed by atoms with Crippen LogP contribution in [0.4, 0.5) is 26.3 Å². The van der Waals surface area contributed by atoms with E-state index in [1.165, 1.54) is 13.8 Å². The molecule has 5 rings (SSSR count). The van der Waals surface area contributed by atoms with E-state index in [0.29, 0.717) is 25.7 Å². The zero-order valence-electron chi connectivity index (χ0n) is 16.2. The summed E-state index contributed by atoms with van der Waals surface area (Å²) in [5.41, 5.74) is -1.33. The first-order valence-corrected chi connectivity index (χ1v) is 9.74. The molecule has 29 heavy (non-hydrogen) atoms. The highest BCUT2D eigenvalue weighted by Gasteiger charge is 2.77. The lowest BCUT2D eigenvalue weighted by Crippen LogP contribution is -2.76. The molecule has 0 aromatic heterocycles. The van der Waals surface area contributed by atoms with Crippen molar-refractivity contribution in [2.75, 3.05) is 6.61 Å². The topological polar surface area (TPSA) is 46.2 Å². The number of fused-ring (bicyclic) bond motifs is 2. The van der Waals surface area contributed by atoms with E-state index in [1.807, 2.05) is 6.92 Å². The summed E-state index contributed by atoms with van der Waals surface area (Å²) in [7, 11) is 0. The van der Waals surface area contributed by atoms with Gasteiger partial charge in [0.05, 0.1) is 0 Å². The molecule has 5 aliphatic rings. The normalized spacial score (nSPS) is 50.2. The van der Waals surface area contributed by atoms with Crippen LogP contribution in [-0.4, -0.2) is 42.4 Å². The molecular formula is C18H24F6O5. The quantitative estimate of drug-likeness (QED) is 0.466. The van der Waals surface area contributed by atoms with Crippen molar-refractivity contribution in [2.45, 2.75) is 82.3 Å². The first kappa shape index (κ1) is 21.6. The maximum Gasteiger partial charge on any atom is 0.443 e. The van der Waals surface area contributed by atoms with Crippen molar-refractivity contribution in [3.63, 3.8) is 0 Å². The second-order valence-corrected chi connectivity index (χ2v) is 8.89. The van der Waals surface area contributed by atoms with E-state index in [-0.39, 0.29) is 11.8 Å². The first-order valence-electron chi connectivity index (χ1n) is 9.74. The van der Waals surface area contributed by atoms with Gasteiger partial charge in [-0.2, -0.15) is 26.3 Å². The van der Waals surface area contributed by atoms with Crippen molar-refractivity contribution in [2.24, 2.45) is 23.7 Å². The summed E-state index contributed by atoms with van der Waals surface area (Å²) in [6, 6.07) is 0. The van der Waals surface area contributed by atoms with Gasteiger partial charge in [-0.15, -0.1) is 0 Å². The molecule has 4 heterocycles. The first-order chi connectivity index (χ1) is 13.2. The largest absolute Gasteiger partial charge is 0.443 e. The van der Waals surface area contributed by atoms with Gasteiger partial charge in [0.2, 0.25) is 5.79 Å². The minimum atomic E-state index is -5.21. The number of halogens is 6. The van der Waals surface area contributed by atoms with E-state index >= 15 is 0 Å². The zero-order chi connectivity index (χ0) is 21.5. The molecule has 4 aliphatic heterocycles. The van der Waals surface area contributed by atoms with Gasteiger partial charge in [-0.3, -0.25) is 0 Å². The fourth-order valence-corrected chi connectivity index (χ4v) is 5.68. The molecular weight excluding hydrogens is 410 g/mol. The molecule has 11 heteroatoms. The van der Waals surface area contributed by atoms with Gasteiger partial charge in [0.1, 0.15) is 6.61 Å². The van der Waals surface area contributed by atoms with Crippen LogP contribution in [0.2, 0.25) is 0 Å². The molecule has 2 bridgehead atoms. The second kappa shape index (κ2) is 6.44. The number of rotatable bonds is 2. The molecule has 1 saturated carbocycles. The SMILES string of the molecule is C[C@@H]1CCC2[C@@H](C)[C@](OCC(F)(F)F)(C(F)(F)F)O[C@@H]3O[C@]4(C)CC[C@@H]1[C@@]23OO4. The van der Waals surface area contributed by atoms with Crippen LogP contribution in [0, 0.1) is 23.7 Å². The summed E-state index contributed by atoms with van der Waals surface area (Å²) in [4.78, 5) is 11.2. The predicted octanol–water partition coefficient (Wildman–Crippen LogP) is 4.71. The third-order valence-corrected chi connectivity index (χ3v) is 7.11. The Kier molecular flexibility index (Phi) is 4.80. The van der Waals surface area contributed by atoms with E-state index in [2.05, 4.69) is 4.74 Å². The molecule has 168 valence electrons. The summed E-state index contributed by atoms with van der Waals surface area (Å²) in [5.74, 6) is -7.21. The summed E-state index contributed by atoms with van der Waals surface area (Å²) in [6.07, 6.45) is -9.86. The number of hydrogen-bond donors (Lipinski definition) is 0. The summed E-state index contributed by atoms with van der Waals surface area (Å²) in [6.45, 7) is 2.61. The molecule has 1 unspecified atom stereocenters. The highest BCUT2D eigenvalue weighted by atomic mass is 19.4. The van der Waals surface area contributed by atoms with Gasteiger partial charge in [0, 0.05) is 18.3 Å². The van der Waals surface area contributed by atoms with Crippen molar-refractivity contribution in [1.29, 1.82) is 0 Å². The molecule has 5 fully saturated rings. The lowest BCUT2D eigenvalue weighted by Gasteiger charge is -2.62. The van der Waals surface area contributed by atoms with Gasteiger partial charge in [0.25, 0.3) is 5.79 Å². The van der Waals surface area contributed by atoms with Crippen molar-refractivity contribution in [3.8, 4) is 0 Å². The lowest BCUT2D eigenvalue weighted by atomic mass is 9.57. The van der Waals surface area contributed by atoms with Crippen LogP contribution in [0.15, 0.2) is 0 Å². The van der Waals surface area contributed by atoms with Gasteiger partial charge in [-0.25, -0.2) is 9.78 Å². The van der Waals surface area contributed by atoms with Gasteiger partial charge >= 0.3 is 12.4 Å². The highest BCUT2D eigenvalue weighted by molar-refractivity contribution is 5.12. The van der Waals surface area contributed by atoms with Crippen LogP contribution in [0.25, 0.3) is 0 Å². The Morgan fingerprint density at radius 3 is 2.24 bits per heavy atom. The van der Waals surface area contributed by atoms with E-state index in [1.54, 1.807) is 0 Å². The number of ether oxygens (including phenoxy) is 3. The molecule has 8 atom stereocenters. The van der Waals surface area contributed by atoms with Crippen LogP contribution >= 0.6 is 0 Å². The standard InChI is InChI=1S/C18H24F6O5/c1-9-4-5-12-10(2)17(18(22,23)24,25-8-15(19,20)21)27-13-16(12)11(9)6-7-14(3,26-13)28-29-16/h9-13H,4-8H2,1-3H3/t9-,10-,11+,12?,13+,14+,16-,17-/m1/s1. The fraction of sp³-hybridized carbons (Fsp3) is 1.00. The van der Waals surface area contributed by atoms with E-state index in [9.17, 15) is 26.3 Å². The molecule has 1 spiro atoms. The number of hydrogen-bond acceptors (Lipinski definition) is 5.